The maximum absolute atomic E-state index is 12.2. The third kappa shape index (κ3) is 2.85. The SMILES string of the molecule is Cc1ccc2oc(C(=O)NCCc3cccs3)c(C)c2c1. The van der Waals surface area contributed by atoms with E-state index in [0.717, 1.165) is 28.5 Å². The molecule has 21 heavy (non-hydrogen) atoms. The Kier molecular flexibility index (Phi) is 3.80. The predicted octanol–water partition coefficient (Wildman–Crippen LogP) is 4.08. The van der Waals surface area contributed by atoms with Gasteiger partial charge in [0.25, 0.3) is 5.91 Å². The molecular formula is C17H17NO2S. The Morgan fingerprint density at radius 3 is 2.90 bits per heavy atom. The molecule has 1 amide bonds. The van der Waals surface area contributed by atoms with Crippen molar-refractivity contribution in [2.24, 2.45) is 0 Å². The smallest absolute Gasteiger partial charge is 0.287 e. The molecule has 0 unspecified atom stereocenters. The van der Waals surface area contributed by atoms with Crippen molar-refractivity contribution in [2.75, 3.05) is 6.54 Å². The molecule has 0 spiro atoms. The van der Waals surface area contributed by atoms with Gasteiger partial charge < -0.3 is 9.73 Å². The van der Waals surface area contributed by atoms with Crippen LogP contribution in [-0.4, -0.2) is 12.5 Å². The summed E-state index contributed by atoms with van der Waals surface area (Å²) in [4.78, 5) is 13.5. The number of carbonyl (C=O) groups is 1. The third-order valence-electron chi connectivity index (χ3n) is 3.53. The zero-order valence-electron chi connectivity index (χ0n) is 12.1. The number of rotatable bonds is 4. The van der Waals surface area contributed by atoms with Crippen LogP contribution in [-0.2, 0) is 6.42 Å². The van der Waals surface area contributed by atoms with E-state index in [1.807, 2.05) is 37.4 Å². The Balaban J connectivity index is 1.73. The van der Waals surface area contributed by atoms with Gasteiger partial charge in [-0.3, -0.25) is 4.79 Å². The quantitative estimate of drug-likeness (QED) is 0.788. The first kappa shape index (κ1) is 13.9. The van der Waals surface area contributed by atoms with Gasteiger partial charge in [0.05, 0.1) is 0 Å². The standard InChI is InChI=1S/C17H17NO2S/c1-11-5-6-15-14(10-11)12(2)16(20-15)17(19)18-8-7-13-4-3-9-21-13/h3-6,9-10H,7-8H2,1-2H3,(H,18,19). The average molecular weight is 299 g/mol. The van der Waals surface area contributed by atoms with Gasteiger partial charge in [0.15, 0.2) is 5.76 Å². The highest BCUT2D eigenvalue weighted by molar-refractivity contribution is 7.09. The fourth-order valence-corrected chi connectivity index (χ4v) is 3.09. The number of hydrogen-bond acceptors (Lipinski definition) is 3. The maximum atomic E-state index is 12.2. The van der Waals surface area contributed by atoms with Crippen molar-refractivity contribution in [1.29, 1.82) is 0 Å². The lowest BCUT2D eigenvalue weighted by Gasteiger charge is -2.02. The molecule has 3 aromatic rings. The number of nitrogens with one attached hydrogen (secondary N) is 1. The van der Waals surface area contributed by atoms with Crippen LogP contribution in [0.3, 0.4) is 0 Å². The fraction of sp³-hybridized carbons (Fsp3) is 0.235. The van der Waals surface area contributed by atoms with Gasteiger partial charge in [-0.15, -0.1) is 11.3 Å². The van der Waals surface area contributed by atoms with Gasteiger partial charge in [-0.1, -0.05) is 17.7 Å². The van der Waals surface area contributed by atoms with E-state index in [4.69, 9.17) is 4.42 Å². The number of thiophene rings is 1. The Hall–Kier alpha value is -2.07. The van der Waals surface area contributed by atoms with Crippen molar-refractivity contribution in [3.8, 4) is 0 Å². The lowest BCUT2D eigenvalue weighted by Crippen LogP contribution is -2.25. The first-order chi connectivity index (χ1) is 10.1. The highest BCUT2D eigenvalue weighted by atomic mass is 32.1. The average Bonchev–Trinajstić information content (AvgIpc) is 3.08. The molecule has 0 aliphatic carbocycles. The minimum Gasteiger partial charge on any atom is -0.451 e. The van der Waals surface area contributed by atoms with Crippen molar-refractivity contribution in [1.82, 2.24) is 5.32 Å². The second kappa shape index (κ2) is 5.74. The lowest BCUT2D eigenvalue weighted by molar-refractivity contribution is 0.0928. The Labute approximate surface area is 127 Å². The maximum Gasteiger partial charge on any atom is 0.287 e. The number of aryl methyl sites for hydroxylation is 2. The molecule has 0 atom stereocenters. The number of amides is 1. The second-order valence-electron chi connectivity index (χ2n) is 5.14. The third-order valence-corrected chi connectivity index (χ3v) is 4.47. The molecule has 2 heterocycles. The fourth-order valence-electron chi connectivity index (χ4n) is 2.39. The van der Waals surface area contributed by atoms with Crippen LogP contribution in [0.2, 0.25) is 0 Å². The molecule has 0 bridgehead atoms. The van der Waals surface area contributed by atoms with Crippen molar-refractivity contribution >= 4 is 28.2 Å². The molecule has 3 rings (SSSR count). The van der Waals surface area contributed by atoms with Crippen LogP contribution >= 0.6 is 11.3 Å². The number of benzene rings is 1. The molecular weight excluding hydrogens is 282 g/mol. The number of furan rings is 1. The number of hydrogen-bond donors (Lipinski definition) is 1. The van der Waals surface area contributed by atoms with Crippen LogP contribution in [0.5, 0.6) is 0 Å². The van der Waals surface area contributed by atoms with Crippen LogP contribution in [0.4, 0.5) is 0 Å². The van der Waals surface area contributed by atoms with Gasteiger partial charge in [-0.2, -0.15) is 0 Å². The predicted molar refractivity (Wildman–Crippen MR) is 86.0 cm³/mol. The van der Waals surface area contributed by atoms with Crippen molar-refractivity contribution in [2.45, 2.75) is 20.3 Å². The monoisotopic (exact) mass is 299 g/mol. The highest BCUT2D eigenvalue weighted by Gasteiger charge is 2.17. The molecule has 0 fully saturated rings. The molecule has 0 aliphatic heterocycles. The minimum absolute atomic E-state index is 0.141. The van der Waals surface area contributed by atoms with Crippen LogP contribution in [0.1, 0.15) is 26.6 Å². The van der Waals surface area contributed by atoms with Crippen molar-refractivity contribution in [3.63, 3.8) is 0 Å². The van der Waals surface area contributed by atoms with E-state index in [9.17, 15) is 4.79 Å². The first-order valence-electron chi connectivity index (χ1n) is 6.95. The van der Waals surface area contributed by atoms with Gasteiger partial charge in [0.2, 0.25) is 0 Å². The molecule has 1 N–H and O–H groups in total. The summed E-state index contributed by atoms with van der Waals surface area (Å²) < 4.78 is 5.69. The summed E-state index contributed by atoms with van der Waals surface area (Å²) in [7, 11) is 0. The lowest BCUT2D eigenvalue weighted by atomic mass is 10.1. The summed E-state index contributed by atoms with van der Waals surface area (Å²) in [6.45, 7) is 4.58. The molecule has 2 aromatic heterocycles. The molecule has 108 valence electrons. The van der Waals surface area contributed by atoms with Gasteiger partial charge in [0, 0.05) is 22.4 Å². The van der Waals surface area contributed by atoms with Crippen LogP contribution in [0.25, 0.3) is 11.0 Å². The summed E-state index contributed by atoms with van der Waals surface area (Å²) in [5.74, 6) is 0.277. The Bertz CT molecular complexity index is 772. The number of fused-ring (bicyclic) bond motifs is 1. The van der Waals surface area contributed by atoms with E-state index in [2.05, 4.69) is 17.4 Å². The molecule has 0 saturated heterocycles. The summed E-state index contributed by atoms with van der Waals surface area (Å²) in [6, 6.07) is 10.1. The largest absolute Gasteiger partial charge is 0.451 e. The zero-order valence-corrected chi connectivity index (χ0v) is 12.9. The van der Waals surface area contributed by atoms with E-state index < -0.39 is 0 Å². The number of carbonyl (C=O) groups excluding carboxylic acids is 1. The summed E-state index contributed by atoms with van der Waals surface area (Å²) in [5, 5.41) is 5.98. The topological polar surface area (TPSA) is 42.2 Å². The molecule has 3 nitrogen and oxygen atoms in total. The van der Waals surface area contributed by atoms with Crippen molar-refractivity contribution < 1.29 is 9.21 Å². The van der Waals surface area contributed by atoms with Gasteiger partial charge >= 0.3 is 0 Å². The summed E-state index contributed by atoms with van der Waals surface area (Å²) in [5.41, 5.74) is 2.83. The molecule has 1 aromatic carbocycles. The molecule has 0 radical (unpaired) electrons. The Morgan fingerprint density at radius 2 is 2.14 bits per heavy atom. The molecule has 4 heteroatoms. The Morgan fingerprint density at radius 1 is 1.29 bits per heavy atom. The molecule has 0 saturated carbocycles. The van der Waals surface area contributed by atoms with E-state index in [-0.39, 0.29) is 5.91 Å². The van der Waals surface area contributed by atoms with Crippen LogP contribution in [0.15, 0.2) is 40.1 Å². The zero-order chi connectivity index (χ0) is 14.8. The van der Waals surface area contributed by atoms with Crippen LogP contribution in [0, 0.1) is 13.8 Å². The summed E-state index contributed by atoms with van der Waals surface area (Å²) >= 11 is 1.70. The molecule has 0 aliphatic rings. The van der Waals surface area contributed by atoms with Crippen LogP contribution < -0.4 is 5.32 Å². The summed E-state index contributed by atoms with van der Waals surface area (Å²) in [6.07, 6.45) is 0.849. The second-order valence-corrected chi connectivity index (χ2v) is 6.17. The highest BCUT2D eigenvalue weighted by Crippen LogP contribution is 2.26. The van der Waals surface area contributed by atoms with Crippen molar-refractivity contribution in [3.05, 3.63) is 57.5 Å². The first-order valence-corrected chi connectivity index (χ1v) is 7.83. The minimum atomic E-state index is -0.141. The van der Waals surface area contributed by atoms with Gasteiger partial charge in [-0.05, 0) is 43.8 Å². The van der Waals surface area contributed by atoms with E-state index in [1.54, 1.807) is 11.3 Å². The van der Waals surface area contributed by atoms with E-state index in [0.29, 0.717) is 12.3 Å². The van der Waals surface area contributed by atoms with E-state index >= 15 is 0 Å². The van der Waals surface area contributed by atoms with Gasteiger partial charge in [-0.25, -0.2) is 0 Å². The van der Waals surface area contributed by atoms with Gasteiger partial charge in [0.1, 0.15) is 5.58 Å². The normalized spacial score (nSPS) is 11.0. The van der Waals surface area contributed by atoms with E-state index in [1.165, 1.54) is 4.88 Å².